The predicted molar refractivity (Wildman–Crippen MR) is 160 cm³/mol. The Balaban J connectivity index is 1.17. The largest absolute Gasteiger partial charge is 0.505 e. The van der Waals surface area contributed by atoms with E-state index in [0.717, 1.165) is 23.0 Å². The number of hydrogen-bond acceptors (Lipinski definition) is 12. The molecule has 0 spiro atoms. The summed E-state index contributed by atoms with van der Waals surface area (Å²) in [5.41, 5.74) is 1.40. The van der Waals surface area contributed by atoms with Crippen LogP contribution in [0.2, 0.25) is 0 Å². The zero-order valence-corrected chi connectivity index (χ0v) is 24.4. The van der Waals surface area contributed by atoms with Crippen LogP contribution in [0.15, 0.2) is 54.9 Å². The van der Waals surface area contributed by atoms with Gasteiger partial charge in [0, 0.05) is 38.6 Å². The number of carbonyl (C=O) groups excluding carboxylic acids is 1. The van der Waals surface area contributed by atoms with E-state index in [0.29, 0.717) is 55.2 Å². The fraction of sp³-hybridized carbons (Fsp3) is 0.345. The second-order valence-electron chi connectivity index (χ2n) is 11.2. The molecule has 13 heteroatoms. The highest BCUT2D eigenvalue weighted by atomic mass is 32.1. The number of para-hydroxylation sites is 1. The summed E-state index contributed by atoms with van der Waals surface area (Å²) in [5, 5.41) is 17.9. The van der Waals surface area contributed by atoms with E-state index in [1.807, 2.05) is 23.1 Å². The van der Waals surface area contributed by atoms with Gasteiger partial charge in [0.05, 0.1) is 29.0 Å². The number of amides is 1. The Hall–Kier alpha value is -4.65. The van der Waals surface area contributed by atoms with Gasteiger partial charge in [0.1, 0.15) is 0 Å². The summed E-state index contributed by atoms with van der Waals surface area (Å²) in [7, 11) is 0. The molecule has 0 radical (unpaired) electrons. The number of ether oxygens (including phenoxy) is 2. The number of piperazine rings is 1. The number of aromatic nitrogens is 4. The molecule has 42 heavy (non-hydrogen) atoms. The van der Waals surface area contributed by atoms with Gasteiger partial charge in [0.15, 0.2) is 28.9 Å². The molecule has 1 saturated heterocycles. The topological polar surface area (TPSA) is 138 Å². The van der Waals surface area contributed by atoms with E-state index in [1.54, 1.807) is 41.6 Å². The maximum absolute atomic E-state index is 13.4. The SMILES string of the molecule is CC(C)(C)[C@@H](Nc1nsnc1Nc1cccc(C(=O)N2CCN(c3ncccn3)CC2)c1O)c1ccc2c(c1)OCO2. The molecule has 0 aliphatic carbocycles. The second kappa shape index (κ2) is 11.3. The van der Waals surface area contributed by atoms with Crippen molar-refractivity contribution in [2.45, 2.75) is 26.8 Å². The molecule has 0 saturated carbocycles. The highest BCUT2D eigenvalue weighted by molar-refractivity contribution is 6.99. The molecule has 218 valence electrons. The number of rotatable bonds is 7. The predicted octanol–water partition coefficient (Wildman–Crippen LogP) is 4.67. The van der Waals surface area contributed by atoms with Gasteiger partial charge in [-0.05, 0) is 41.3 Å². The molecule has 1 atom stereocenters. The van der Waals surface area contributed by atoms with Crippen molar-refractivity contribution in [1.82, 2.24) is 23.6 Å². The van der Waals surface area contributed by atoms with Crippen LogP contribution in [0.4, 0.5) is 23.3 Å². The number of hydrogen-bond donors (Lipinski definition) is 3. The van der Waals surface area contributed by atoms with Crippen molar-refractivity contribution in [2.24, 2.45) is 5.41 Å². The lowest BCUT2D eigenvalue weighted by atomic mass is 9.82. The monoisotopic (exact) mass is 588 g/mol. The molecule has 2 aromatic carbocycles. The summed E-state index contributed by atoms with van der Waals surface area (Å²) >= 11 is 1.05. The molecule has 0 bridgehead atoms. The van der Waals surface area contributed by atoms with E-state index in [-0.39, 0.29) is 35.5 Å². The summed E-state index contributed by atoms with van der Waals surface area (Å²) in [6.45, 7) is 8.80. The zero-order chi connectivity index (χ0) is 29.3. The van der Waals surface area contributed by atoms with Gasteiger partial charge in [-0.15, -0.1) is 0 Å². The third kappa shape index (κ3) is 5.59. The molecule has 0 unspecified atom stereocenters. The Morgan fingerprint density at radius 2 is 1.71 bits per heavy atom. The van der Waals surface area contributed by atoms with E-state index < -0.39 is 0 Å². The number of phenolic OH excluding ortho intramolecular Hbond substituents is 1. The number of phenols is 1. The minimum atomic E-state index is -0.241. The summed E-state index contributed by atoms with van der Waals surface area (Å²) in [6.07, 6.45) is 3.41. The Labute approximate surface area is 247 Å². The van der Waals surface area contributed by atoms with E-state index in [4.69, 9.17) is 9.47 Å². The number of fused-ring (bicyclic) bond motifs is 1. The molecule has 2 aromatic heterocycles. The summed E-state index contributed by atoms with van der Waals surface area (Å²) in [5.74, 6) is 2.68. The summed E-state index contributed by atoms with van der Waals surface area (Å²) in [4.78, 5) is 25.8. The van der Waals surface area contributed by atoms with Crippen LogP contribution in [0.3, 0.4) is 0 Å². The van der Waals surface area contributed by atoms with Crippen molar-refractivity contribution in [3.63, 3.8) is 0 Å². The van der Waals surface area contributed by atoms with Crippen LogP contribution in [0.5, 0.6) is 17.2 Å². The smallest absolute Gasteiger partial charge is 0.257 e. The Kier molecular flexibility index (Phi) is 7.42. The van der Waals surface area contributed by atoms with Crippen molar-refractivity contribution in [1.29, 1.82) is 0 Å². The highest BCUT2D eigenvalue weighted by Crippen LogP contribution is 2.42. The van der Waals surface area contributed by atoms with Crippen LogP contribution in [-0.2, 0) is 0 Å². The number of anilines is 4. The first-order valence-electron chi connectivity index (χ1n) is 13.7. The van der Waals surface area contributed by atoms with Gasteiger partial charge in [0.25, 0.3) is 5.91 Å². The van der Waals surface area contributed by atoms with Crippen LogP contribution < -0.4 is 25.0 Å². The highest BCUT2D eigenvalue weighted by Gasteiger charge is 2.30. The van der Waals surface area contributed by atoms with Gasteiger partial charge in [-0.1, -0.05) is 32.9 Å². The van der Waals surface area contributed by atoms with Gasteiger partial charge in [0.2, 0.25) is 12.7 Å². The van der Waals surface area contributed by atoms with Crippen LogP contribution in [0.1, 0.15) is 42.7 Å². The second-order valence-corrected chi connectivity index (χ2v) is 11.7. The molecule has 4 heterocycles. The van der Waals surface area contributed by atoms with Crippen LogP contribution in [0, 0.1) is 5.41 Å². The molecule has 2 aliphatic heterocycles. The van der Waals surface area contributed by atoms with Crippen molar-refractivity contribution in [3.05, 3.63) is 66.0 Å². The van der Waals surface area contributed by atoms with Crippen molar-refractivity contribution in [2.75, 3.05) is 48.5 Å². The maximum atomic E-state index is 13.4. The molecule has 1 fully saturated rings. The molecular formula is C29H32N8O4S. The van der Waals surface area contributed by atoms with E-state index in [2.05, 4.69) is 50.1 Å². The van der Waals surface area contributed by atoms with Gasteiger partial charge in [-0.25, -0.2) is 9.97 Å². The maximum Gasteiger partial charge on any atom is 0.257 e. The Morgan fingerprint density at radius 3 is 2.48 bits per heavy atom. The van der Waals surface area contributed by atoms with Crippen molar-refractivity contribution in [3.8, 4) is 17.2 Å². The third-order valence-corrected chi connectivity index (χ3v) is 7.82. The minimum Gasteiger partial charge on any atom is -0.505 e. The first-order chi connectivity index (χ1) is 20.3. The first-order valence-corrected chi connectivity index (χ1v) is 14.4. The first kappa shape index (κ1) is 27.5. The van der Waals surface area contributed by atoms with Gasteiger partial charge in [-0.3, -0.25) is 4.79 Å². The number of nitrogens with zero attached hydrogens (tertiary/aromatic N) is 6. The van der Waals surface area contributed by atoms with E-state index in [1.165, 1.54) is 0 Å². The third-order valence-electron chi connectivity index (χ3n) is 7.29. The van der Waals surface area contributed by atoms with Gasteiger partial charge in [-0.2, -0.15) is 8.75 Å². The molecule has 1 amide bonds. The normalized spacial score (nSPS) is 15.4. The van der Waals surface area contributed by atoms with Gasteiger partial charge >= 0.3 is 0 Å². The van der Waals surface area contributed by atoms with Crippen LogP contribution >= 0.6 is 11.7 Å². The lowest BCUT2D eigenvalue weighted by Crippen LogP contribution is -2.49. The summed E-state index contributed by atoms with van der Waals surface area (Å²) < 4.78 is 20.0. The standard InChI is InChI=1S/C29H32N8O4S/c1-29(2,3)24(18-8-9-21-22(16-18)41-17-40-21)33-26-25(34-42-35-26)32-20-7-4-6-19(23(20)38)27(39)36-12-14-37(15-13-36)28-30-10-5-11-31-28/h4-11,16,24,38H,12-15,17H2,1-3H3,(H,32,34)(H,33,35)/t24-/m0/s1. The molecule has 12 nitrogen and oxygen atoms in total. The molecule has 6 rings (SSSR count). The Morgan fingerprint density at radius 1 is 0.976 bits per heavy atom. The molecule has 2 aliphatic rings. The summed E-state index contributed by atoms with van der Waals surface area (Å²) in [6, 6.07) is 12.6. The number of benzene rings is 2. The van der Waals surface area contributed by atoms with Crippen molar-refractivity contribution < 1.29 is 19.4 Å². The Bertz CT molecular complexity index is 1570. The average molecular weight is 589 g/mol. The number of nitrogens with one attached hydrogen (secondary N) is 2. The fourth-order valence-electron chi connectivity index (χ4n) is 5.07. The fourth-order valence-corrected chi connectivity index (χ4v) is 5.55. The quantitative estimate of drug-likeness (QED) is 0.260. The average Bonchev–Trinajstić information content (AvgIpc) is 3.65. The van der Waals surface area contributed by atoms with E-state index in [9.17, 15) is 9.90 Å². The van der Waals surface area contributed by atoms with Crippen LogP contribution in [0.25, 0.3) is 0 Å². The number of aromatic hydroxyl groups is 1. The molecule has 3 N–H and O–H groups in total. The molecular weight excluding hydrogens is 556 g/mol. The molecule has 4 aromatic rings. The minimum absolute atomic E-state index is 0.140. The van der Waals surface area contributed by atoms with E-state index >= 15 is 0 Å². The lowest BCUT2D eigenvalue weighted by molar-refractivity contribution is 0.0743. The lowest BCUT2D eigenvalue weighted by Gasteiger charge is -2.34. The van der Waals surface area contributed by atoms with Crippen LogP contribution in [-0.4, -0.2) is 67.6 Å². The van der Waals surface area contributed by atoms with Gasteiger partial charge < -0.3 is 35.0 Å². The number of carbonyl (C=O) groups is 1. The zero-order valence-electron chi connectivity index (χ0n) is 23.6. The van der Waals surface area contributed by atoms with Crippen molar-refractivity contribution >= 4 is 40.9 Å².